The zero-order valence-electron chi connectivity index (χ0n) is 14.5. The predicted molar refractivity (Wildman–Crippen MR) is 95.9 cm³/mol. The van der Waals surface area contributed by atoms with Crippen molar-refractivity contribution in [2.75, 3.05) is 26.3 Å². The van der Waals surface area contributed by atoms with Crippen LogP contribution in [0, 0.1) is 0 Å². The van der Waals surface area contributed by atoms with Crippen LogP contribution in [0.4, 0.5) is 4.79 Å². The summed E-state index contributed by atoms with van der Waals surface area (Å²) in [5, 5.41) is 3.40. The van der Waals surface area contributed by atoms with Crippen molar-refractivity contribution in [3.05, 3.63) is 29.3 Å². The molecule has 7 heteroatoms. The number of rotatable bonds is 7. The van der Waals surface area contributed by atoms with Crippen molar-refractivity contribution in [3.8, 4) is 5.75 Å². The van der Waals surface area contributed by atoms with Crippen LogP contribution in [-0.2, 0) is 9.53 Å². The van der Waals surface area contributed by atoms with Crippen molar-refractivity contribution in [2.45, 2.75) is 38.6 Å². The Morgan fingerprint density at radius 2 is 2.00 bits per heavy atom. The van der Waals surface area contributed by atoms with Crippen molar-refractivity contribution in [2.24, 2.45) is 0 Å². The first-order valence-electron chi connectivity index (χ1n) is 8.68. The van der Waals surface area contributed by atoms with Gasteiger partial charge in [0.05, 0.1) is 18.2 Å². The molecule has 0 atom stereocenters. The lowest BCUT2D eigenvalue weighted by Crippen LogP contribution is -2.46. The summed E-state index contributed by atoms with van der Waals surface area (Å²) in [4.78, 5) is 25.5. The maximum Gasteiger partial charge on any atom is 0.407 e. The molecule has 6 nitrogen and oxygen atoms in total. The van der Waals surface area contributed by atoms with Crippen molar-refractivity contribution in [3.63, 3.8) is 0 Å². The second kappa shape index (κ2) is 10.1. The van der Waals surface area contributed by atoms with E-state index < -0.39 is 0 Å². The number of benzene rings is 1. The molecule has 1 aromatic rings. The molecular formula is C18H25ClN2O4. The second-order valence-electron chi connectivity index (χ2n) is 5.90. The van der Waals surface area contributed by atoms with Gasteiger partial charge in [-0.05, 0) is 38.3 Å². The fourth-order valence-electron chi connectivity index (χ4n) is 2.74. The highest BCUT2D eigenvalue weighted by molar-refractivity contribution is 6.32. The lowest BCUT2D eigenvalue weighted by Gasteiger charge is -2.32. The normalized spacial score (nSPS) is 14.9. The van der Waals surface area contributed by atoms with Gasteiger partial charge < -0.3 is 19.7 Å². The van der Waals surface area contributed by atoms with Crippen LogP contribution in [-0.4, -0.2) is 49.2 Å². The smallest absolute Gasteiger partial charge is 0.407 e. The third-order valence-electron chi connectivity index (χ3n) is 4.07. The van der Waals surface area contributed by atoms with Crippen LogP contribution >= 0.6 is 11.6 Å². The maximum absolute atomic E-state index is 12.2. The highest BCUT2D eigenvalue weighted by atomic mass is 35.5. The van der Waals surface area contributed by atoms with E-state index in [9.17, 15) is 9.59 Å². The van der Waals surface area contributed by atoms with E-state index in [1.165, 1.54) is 0 Å². The highest BCUT2D eigenvalue weighted by Crippen LogP contribution is 2.23. The molecular weight excluding hydrogens is 344 g/mol. The van der Waals surface area contributed by atoms with E-state index in [0.29, 0.717) is 49.9 Å². The van der Waals surface area contributed by atoms with Gasteiger partial charge in [-0.2, -0.15) is 0 Å². The van der Waals surface area contributed by atoms with Gasteiger partial charge in [0.15, 0.2) is 0 Å². The summed E-state index contributed by atoms with van der Waals surface area (Å²) < 4.78 is 10.5. The Hall–Kier alpha value is -1.95. The summed E-state index contributed by atoms with van der Waals surface area (Å²) in [6, 6.07) is 7.37. The molecule has 1 saturated heterocycles. The Balaban J connectivity index is 1.62. The topological polar surface area (TPSA) is 67.9 Å². The standard InChI is InChI=1S/C18H25ClN2O4/c1-2-24-18(23)20-14-9-11-21(12-10-14)17(22)8-5-13-25-16-7-4-3-6-15(16)19/h3-4,6-7,14H,2,5,8-13H2,1H3,(H,20,23). The van der Waals surface area contributed by atoms with Gasteiger partial charge in [-0.1, -0.05) is 23.7 Å². The van der Waals surface area contributed by atoms with Crippen LogP contribution in [0.25, 0.3) is 0 Å². The number of ether oxygens (including phenoxy) is 2. The minimum atomic E-state index is -0.385. The summed E-state index contributed by atoms with van der Waals surface area (Å²) in [6.45, 7) is 3.90. The number of nitrogens with zero attached hydrogens (tertiary/aromatic N) is 1. The molecule has 0 bridgehead atoms. The third-order valence-corrected chi connectivity index (χ3v) is 4.39. The number of alkyl carbamates (subject to hydrolysis) is 1. The molecule has 0 aromatic heterocycles. The van der Waals surface area contributed by atoms with Crippen molar-refractivity contribution >= 4 is 23.6 Å². The van der Waals surface area contributed by atoms with Gasteiger partial charge in [0, 0.05) is 25.6 Å². The summed E-state index contributed by atoms with van der Waals surface area (Å²) in [6.07, 6.45) is 2.20. The molecule has 0 radical (unpaired) electrons. The van der Waals surface area contributed by atoms with Gasteiger partial charge in [-0.15, -0.1) is 0 Å². The number of hydrogen-bond donors (Lipinski definition) is 1. The van der Waals surface area contributed by atoms with Gasteiger partial charge >= 0.3 is 6.09 Å². The first-order valence-corrected chi connectivity index (χ1v) is 9.06. The van der Waals surface area contributed by atoms with Gasteiger partial charge in [0.2, 0.25) is 5.91 Å². The van der Waals surface area contributed by atoms with E-state index in [-0.39, 0.29) is 18.0 Å². The zero-order valence-corrected chi connectivity index (χ0v) is 15.3. The Labute approximate surface area is 153 Å². The fraction of sp³-hybridized carbons (Fsp3) is 0.556. The Bertz CT molecular complexity index is 574. The molecule has 2 rings (SSSR count). The quantitative estimate of drug-likeness (QED) is 0.750. The van der Waals surface area contributed by atoms with E-state index in [4.69, 9.17) is 21.1 Å². The van der Waals surface area contributed by atoms with E-state index in [0.717, 1.165) is 12.8 Å². The van der Waals surface area contributed by atoms with E-state index in [1.807, 2.05) is 23.1 Å². The molecule has 25 heavy (non-hydrogen) atoms. The average molecular weight is 369 g/mol. The molecule has 138 valence electrons. The third kappa shape index (κ3) is 6.46. The summed E-state index contributed by atoms with van der Waals surface area (Å²) in [5.74, 6) is 0.764. The van der Waals surface area contributed by atoms with Crippen LogP contribution in [0.2, 0.25) is 5.02 Å². The lowest BCUT2D eigenvalue weighted by atomic mass is 10.0. The number of amides is 2. The first kappa shape index (κ1) is 19.4. The van der Waals surface area contributed by atoms with Crippen molar-refractivity contribution in [1.29, 1.82) is 0 Å². The average Bonchev–Trinajstić information content (AvgIpc) is 2.61. The molecule has 0 spiro atoms. The highest BCUT2D eigenvalue weighted by Gasteiger charge is 2.23. The number of halogens is 1. The monoisotopic (exact) mass is 368 g/mol. The number of likely N-dealkylation sites (tertiary alicyclic amines) is 1. The molecule has 1 fully saturated rings. The Morgan fingerprint density at radius 1 is 1.28 bits per heavy atom. The van der Waals surface area contributed by atoms with Gasteiger partial charge in [0.25, 0.3) is 0 Å². The van der Waals surface area contributed by atoms with Crippen LogP contribution in [0.5, 0.6) is 5.75 Å². The van der Waals surface area contributed by atoms with Crippen molar-refractivity contribution < 1.29 is 19.1 Å². The molecule has 0 unspecified atom stereocenters. The molecule has 1 aliphatic rings. The van der Waals surface area contributed by atoms with Gasteiger partial charge in [-0.25, -0.2) is 4.79 Å². The van der Waals surface area contributed by atoms with Gasteiger partial charge in [0.1, 0.15) is 5.75 Å². The minimum absolute atomic E-state index is 0.0756. The van der Waals surface area contributed by atoms with E-state index in [1.54, 1.807) is 13.0 Å². The molecule has 0 saturated carbocycles. The zero-order chi connectivity index (χ0) is 18.1. The van der Waals surface area contributed by atoms with E-state index in [2.05, 4.69) is 5.32 Å². The Morgan fingerprint density at radius 3 is 2.68 bits per heavy atom. The number of para-hydroxylation sites is 1. The Kier molecular flexibility index (Phi) is 7.85. The van der Waals surface area contributed by atoms with Gasteiger partial charge in [-0.3, -0.25) is 4.79 Å². The second-order valence-corrected chi connectivity index (χ2v) is 6.31. The number of nitrogens with one attached hydrogen (secondary N) is 1. The number of hydrogen-bond acceptors (Lipinski definition) is 4. The summed E-state index contributed by atoms with van der Waals surface area (Å²) >= 11 is 6.02. The molecule has 1 aliphatic heterocycles. The fourth-order valence-corrected chi connectivity index (χ4v) is 2.93. The summed E-state index contributed by atoms with van der Waals surface area (Å²) in [7, 11) is 0. The molecule has 2 amide bonds. The molecule has 1 N–H and O–H groups in total. The SMILES string of the molecule is CCOC(=O)NC1CCN(C(=O)CCCOc2ccccc2Cl)CC1. The maximum atomic E-state index is 12.2. The van der Waals surface area contributed by atoms with Crippen molar-refractivity contribution in [1.82, 2.24) is 10.2 Å². The first-order chi connectivity index (χ1) is 12.1. The number of carbonyl (C=O) groups excluding carboxylic acids is 2. The van der Waals surface area contributed by atoms with Crippen LogP contribution in [0.15, 0.2) is 24.3 Å². The summed E-state index contributed by atoms with van der Waals surface area (Å²) in [5.41, 5.74) is 0. The molecule has 1 heterocycles. The van der Waals surface area contributed by atoms with Crippen LogP contribution in [0.3, 0.4) is 0 Å². The lowest BCUT2D eigenvalue weighted by molar-refractivity contribution is -0.132. The number of carbonyl (C=O) groups is 2. The van der Waals surface area contributed by atoms with E-state index >= 15 is 0 Å². The largest absolute Gasteiger partial charge is 0.492 e. The molecule has 1 aromatic carbocycles. The molecule has 0 aliphatic carbocycles. The number of piperidine rings is 1. The predicted octanol–water partition coefficient (Wildman–Crippen LogP) is 3.24. The van der Waals surface area contributed by atoms with Crippen LogP contribution in [0.1, 0.15) is 32.6 Å². The minimum Gasteiger partial charge on any atom is -0.492 e. The van der Waals surface area contributed by atoms with Crippen LogP contribution < -0.4 is 10.1 Å².